The van der Waals surface area contributed by atoms with Gasteiger partial charge in [-0.05, 0) is 346 Å². The molecule has 95 heavy (non-hydrogen) atoms. The van der Waals surface area contributed by atoms with Crippen molar-refractivity contribution in [1.29, 1.82) is 0 Å². The first-order valence-electron chi connectivity index (χ1n) is 35.5. The molecule has 9 aliphatic carbocycles. The van der Waals surface area contributed by atoms with Crippen molar-refractivity contribution < 1.29 is 19.1 Å². The van der Waals surface area contributed by atoms with E-state index in [4.69, 9.17) is 9.47 Å². The highest BCUT2D eigenvalue weighted by atomic mass is 16.6. The summed E-state index contributed by atoms with van der Waals surface area (Å²) < 4.78 is 12.6. The highest BCUT2D eigenvalue weighted by molar-refractivity contribution is 6.79. The molecule has 11 aliphatic rings. The maximum absolute atomic E-state index is 14.5. The van der Waals surface area contributed by atoms with Gasteiger partial charge in [-0.25, -0.2) is 4.79 Å². The molecule has 0 saturated carbocycles. The van der Waals surface area contributed by atoms with Gasteiger partial charge < -0.3 is 19.7 Å². The Morgan fingerprint density at radius 3 is 0.968 bits per heavy atom. The number of likely N-dealkylation sites (tertiary alicyclic amines) is 2. The summed E-state index contributed by atoms with van der Waals surface area (Å²) in [7, 11) is 0. The van der Waals surface area contributed by atoms with Gasteiger partial charge in [-0.2, -0.15) is 0 Å². The largest absolute Gasteiger partial charge is 0.460 e. The van der Waals surface area contributed by atoms with Crippen LogP contribution in [0, 0.1) is 0 Å². The number of hydrogen-bond donors (Lipinski definition) is 1. The number of amides is 1. The van der Waals surface area contributed by atoms with Crippen molar-refractivity contribution in [2.24, 2.45) is 0 Å². The Balaban J connectivity index is 0.741. The number of benzene rings is 18. The van der Waals surface area contributed by atoms with E-state index in [1.165, 1.54) is 22.3 Å². The third kappa shape index (κ3) is 2.76. The molecule has 0 bridgehead atoms. The minimum absolute atomic E-state index is 0.00276. The molecule has 1 amide bonds. The molecule has 2 aliphatic heterocycles. The second-order valence-electron chi connectivity index (χ2n) is 34.6. The van der Waals surface area contributed by atoms with E-state index in [2.05, 4.69) is 63.6 Å². The number of fused-ring (bicyclic) bond motifs is 3. The Hall–Kier alpha value is -10.2. The first kappa shape index (κ1) is 41.5. The van der Waals surface area contributed by atoms with Gasteiger partial charge in [-0.15, -0.1) is 0 Å². The zero-order valence-electron chi connectivity index (χ0n) is 51.1. The molecule has 1 N–H and O–H groups in total. The number of carbonyl (C=O) groups excluding carboxylic acids is 2. The summed E-state index contributed by atoms with van der Waals surface area (Å²) in [5.74, 6) is -0.0855. The SMILES string of the molecule is CC(C)(C)OC(=O)CCN1CC23c4c5c6c7c8c9c%10c%11c%12c%13c%14c(c-5c5c%15c%16c(c%17c%18c2c2c4c7c4c8c7c%10c8c%10c%11c%11c%13c(c%14%15)c%13c%16c%14c%17c%15c%18c%16c2c4c2c7c8c4c(c%162)c%15c2c%14c%13c%11c%10c24)C53C1)C61CN(CCNC(=O)OCC2c3ccccc3-c3ccccc32)CC9%121. The summed E-state index contributed by atoms with van der Waals surface area (Å²) in [5, 5.41) is 77.9. The summed E-state index contributed by atoms with van der Waals surface area (Å²) in [6.45, 7) is 11.9. The maximum Gasteiger partial charge on any atom is 0.407 e. The number of rotatable bonds is 8. The van der Waals surface area contributed by atoms with Crippen LogP contribution in [0.4, 0.5) is 4.79 Å². The minimum Gasteiger partial charge on any atom is -0.460 e. The van der Waals surface area contributed by atoms with Gasteiger partial charge in [0.2, 0.25) is 0 Å². The van der Waals surface area contributed by atoms with Gasteiger partial charge in [0.15, 0.2) is 0 Å². The normalized spacial score (nSPS) is 24.7. The van der Waals surface area contributed by atoms with Crippen molar-refractivity contribution in [2.45, 2.75) is 60.4 Å². The van der Waals surface area contributed by atoms with Gasteiger partial charge in [-0.3, -0.25) is 9.69 Å². The van der Waals surface area contributed by atoms with Crippen molar-refractivity contribution >= 4 is 260 Å². The van der Waals surface area contributed by atoms with Crippen LogP contribution >= 0.6 is 0 Å². The van der Waals surface area contributed by atoms with E-state index in [9.17, 15) is 9.59 Å². The Morgan fingerprint density at radius 1 is 0.379 bits per heavy atom. The third-order valence-electron chi connectivity index (χ3n) is 31.8. The molecule has 2 atom stereocenters. The summed E-state index contributed by atoms with van der Waals surface area (Å²) in [5.41, 5.74) is 19.7. The molecule has 428 valence electrons. The average molecular weight is 1200 g/mol. The molecule has 4 spiro atoms. The molecule has 2 heterocycles. The summed E-state index contributed by atoms with van der Waals surface area (Å²) in [6, 6.07) is 17.3. The van der Waals surface area contributed by atoms with Gasteiger partial charge in [-0.1, -0.05) is 48.5 Å². The fourth-order valence-corrected chi connectivity index (χ4v) is 31.2. The molecule has 7 nitrogen and oxygen atoms in total. The van der Waals surface area contributed by atoms with Crippen LogP contribution in [0.25, 0.3) is 270 Å². The molecular weight excluding hydrogens is 1160 g/mol. The third-order valence-corrected chi connectivity index (χ3v) is 31.8. The monoisotopic (exact) mass is 1200 g/mol. The standard InChI is InChI=1S/C88H37N3O4/c1-84(2,3)95-26(92)12-14-90-17-86-77-63-55-44-36-29-27-28-30-35(29)48(55)56-45-37(30)34-39-32(28)41-40-31(27)38-33(36)42-49-57-46(38)51(40)61-62-52(41)47(39)58-50-43(34)54(45)66-70-60(50)72-68(58)76(62)85-19-91(15-13-89-83(93)94-16-25-23-10-6-4-8-21(23)22-9-5-7-11-24(22)25)20-88(85)81-71(67(57)75(61)85)59(49)69(65(77)53(42)44)79(86)73(81)74(82(72)88)80(70)87(86,18-90)78(66)64(56)63/h4-11,25H,12-20H2,1-3H3,(H,89,93). The van der Waals surface area contributed by atoms with Crippen LogP contribution in [0.1, 0.15) is 88.7 Å². The molecule has 2 fully saturated rings. The van der Waals surface area contributed by atoms with E-state index in [1.54, 1.807) is 303 Å². The number of esters is 1. The van der Waals surface area contributed by atoms with Crippen molar-refractivity contribution in [3.8, 4) is 22.3 Å². The summed E-state index contributed by atoms with van der Waals surface area (Å²) in [6.07, 6.45) is 0.0530. The number of ether oxygens (including phenoxy) is 2. The van der Waals surface area contributed by atoms with E-state index in [0.717, 1.165) is 32.7 Å². The van der Waals surface area contributed by atoms with Crippen LogP contribution in [-0.4, -0.2) is 79.9 Å². The lowest BCUT2D eigenvalue weighted by Gasteiger charge is -2.50. The number of nitrogens with one attached hydrogen (secondary N) is 1. The fraction of sp³-hybridized carbons (Fsp3) is 0.205. The van der Waals surface area contributed by atoms with Crippen LogP contribution in [0.3, 0.4) is 0 Å². The van der Waals surface area contributed by atoms with E-state index < -0.39 is 16.4 Å². The van der Waals surface area contributed by atoms with Crippen molar-refractivity contribution in [3.05, 3.63) is 104 Å². The molecule has 2 saturated heterocycles. The molecular formula is C88H37N3O4. The highest BCUT2D eigenvalue weighted by Crippen LogP contribution is 2.89. The second kappa shape index (κ2) is 10.4. The van der Waals surface area contributed by atoms with Crippen LogP contribution < -0.4 is 5.32 Å². The van der Waals surface area contributed by atoms with E-state index in [1.807, 2.05) is 20.8 Å². The van der Waals surface area contributed by atoms with Crippen LogP contribution in [0.5, 0.6) is 0 Å². The summed E-state index contributed by atoms with van der Waals surface area (Å²) >= 11 is 0. The number of alkyl carbamates (subject to hydrolysis) is 1. The number of carbonyl (C=O) groups is 2. The highest BCUT2D eigenvalue weighted by Gasteiger charge is 2.79. The average Bonchev–Trinajstić information content (AvgIpc) is 1.37. The van der Waals surface area contributed by atoms with Crippen molar-refractivity contribution in [1.82, 2.24) is 15.1 Å². The molecule has 7 heteroatoms. The lowest BCUT2D eigenvalue weighted by Crippen LogP contribution is -2.51. The molecule has 0 radical (unpaired) electrons. The Morgan fingerprint density at radius 2 is 0.642 bits per heavy atom. The van der Waals surface area contributed by atoms with E-state index in [-0.39, 0.29) is 28.8 Å². The van der Waals surface area contributed by atoms with Crippen molar-refractivity contribution in [2.75, 3.05) is 52.4 Å². The zero-order chi connectivity index (χ0) is 59.2. The second-order valence-corrected chi connectivity index (χ2v) is 34.6. The molecule has 0 aromatic heterocycles. The Bertz CT molecular complexity index is 8120. The minimum atomic E-state index is -0.553. The van der Waals surface area contributed by atoms with Gasteiger partial charge in [0, 0.05) is 51.7 Å². The smallest absolute Gasteiger partial charge is 0.407 e. The Labute approximate surface area is 530 Å². The van der Waals surface area contributed by atoms with Crippen LogP contribution in [0.2, 0.25) is 0 Å². The zero-order valence-corrected chi connectivity index (χ0v) is 51.1. The van der Waals surface area contributed by atoms with Crippen LogP contribution in [-0.2, 0) is 35.9 Å². The molecule has 26 aromatic rings. The van der Waals surface area contributed by atoms with Gasteiger partial charge in [0.05, 0.1) is 28.1 Å². The predicted molar refractivity (Wildman–Crippen MR) is 383 cm³/mol. The molecule has 26 aromatic carbocycles. The Kier molecular flexibility index (Phi) is 4.56. The lowest BCUT2D eigenvalue weighted by molar-refractivity contribution is -0.155. The topological polar surface area (TPSA) is 71.1 Å². The van der Waals surface area contributed by atoms with E-state index in [0.29, 0.717) is 26.1 Å². The fourth-order valence-electron chi connectivity index (χ4n) is 31.2. The number of hydrogen-bond acceptors (Lipinski definition) is 6. The van der Waals surface area contributed by atoms with Crippen molar-refractivity contribution in [3.63, 3.8) is 0 Å². The predicted octanol–water partition coefficient (Wildman–Crippen LogP) is 18.7. The first-order chi connectivity index (χ1) is 46.7. The quantitative estimate of drug-likeness (QED) is 0.121. The summed E-state index contributed by atoms with van der Waals surface area (Å²) in [4.78, 5) is 34.5. The molecule has 37 rings (SSSR count). The van der Waals surface area contributed by atoms with Gasteiger partial charge >= 0.3 is 12.1 Å². The van der Waals surface area contributed by atoms with Gasteiger partial charge in [0.25, 0.3) is 0 Å². The van der Waals surface area contributed by atoms with Gasteiger partial charge in [0.1, 0.15) is 12.2 Å². The van der Waals surface area contributed by atoms with Crippen LogP contribution in [0.15, 0.2) is 48.5 Å². The maximum atomic E-state index is 14.5. The molecule has 2 unspecified atom stereocenters. The number of nitrogens with zero attached hydrogens (tertiary/aromatic N) is 2. The lowest BCUT2D eigenvalue weighted by atomic mass is 9.49. The van der Waals surface area contributed by atoms with E-state index >= 15 is 0 Å². The first-order valence-corrected chi connectivity index (χ1v) is 35.5.